The summed E-state index contributed by atoms with van der Waals surface area (Å²) in [5, 5.41) is 11.5. The Hall–Kier alpha value is -0.640. The van der Waals surface area contributed by atoms with E-state index in [1.54, 1.807) is 13.2 Å². The number of guanidine groups is 1. The molecule has 0 aliphatic heterocycles. The number of hydrogen-bond donors (Lipinski definition) is 2. The highest BCUT2D eigenvalue weighted by molar-refractivity contribution is 14.0. The molecule has 0 radical (unpaired) electrons. The van der Waals surface area contributed by atoms with Crippen molar-refractivity contribution in [3.63, 3.8) is 0 Å². The quantitative estimate of drug-likeness (QED) is 0.357. The maximum absolute atomic E-state index is 12.1. The van der Waals surface area contributed by atoms with Crippen molar-refractivity contribution >= 4 is 40.7 Å². The Morgan fingerprint density at radius 2 is 2.28 bits per heavy atom. The number of nitrogens with zero attached hydrogens (tertiary/aromatic N) is 3. The van der Waals surface area contributed by atoms with E-state index in [1.807, 2.05) is 23.9 Å². The summed E-state index contributed by atoms with van der Waals surface area (Å²) in [5.74, 6) is 2.06. The molecule has 8 heteroatoms. The molecule has 1 saturated carbocycles. The Labute approximate surface area is 171 Å². The molecule has 1 aromatic heterocycles. The minimum absolute atomic E-state index is 0. The molecule has 1 fully saturated rings. The zero-order valence-electron chi connectivity index (χ0n) is 15.5. The third kappa shape index (κ3) is 7.64. The second-order valence-corrected chi connectivity index (χ2v) is 8.59. The fraction of sp³-hybridized carbons (Fsp3) is 0.765. The van der Waals surface area contributed by atoms with E-state index in [-0.39, 0.29) is 24.0 Å². The monoisotopic (exact) mass is 481 g/mol. The molecule has 0 bridgehead atoms. The average Bonchev–Trinajstić information content (AvgIpc) is 3.11. The first kappa shape index (κ1) is 22.4. The Bertz CT molecular complexity index is 537. The summed E-state index contributed by atoms with van der Waals surface area (Å²) < 4.78 is 14.0. The molecule has 1 aliphatic carbocycles. The molecule has 6 nitrogen and oxygen atoms in total. The maximum Gasteiger partial charge on any atom is 0.191 e. The minimum Gasteiger partial charge on any atom is -0.356 e. The van der Waals surface area contributed by atoms with Gasteiger partial charge in [-0.05, 0) is 31.2 Å². The predicted molar refractivity (Wildman–Crippen MR) is 116 cm³/mol. The van der Waals surface area contributed by atoms with Crippen LogP contribution in [0.25, 0.3) is 0 Å². The number of nitrogens with one attached hydrogen (secondary N) is 2. The molecule has 0 spiro atoms. The molecular weight excluding hydrogens is 449 g/mol. The van der Waals surface area contributed by atoms with E-state index in [9.17, 15) is 4.21 Å². The molecule has 0 amide bonds. The van der Waals surface area contributed by atoms with Crippen molar-refractivity contribution in [2.45, 2.75) is 57.4 Å². The van der Waals surface area contributed by atoms with Crippen LogP contribution in [-0.2, 0) is 17.3 Å². The Morgan fingerprint density at radius 3 is 2.92 bits per heavy atom. The van der Waals surface area contributed by atoms with Crippen LogP contribution in [0.4, 0.5) is 0 Å². The Morgan fingerprint density at radius 1 is 1.48 bits per heavy atom. The number of rotatable bonds is 7. The van der Waals surface area contributed by atoms with Crippen molar-refractivity contribution in [3.8, 4) is 0 Å². The highest BCUT2D eigenvalue weighted by Gasteiger charge is 2.26. The van der Waals surface area contributed by atoms with Crippen molar-refractivity contribution in [3.05, 3.63) is 18.5 Å². The van der Waals surface area contributed by atoms with E-state index < -0.39 is 10.8 Å². The van der Waals surface area contributed by atoms with Gasteiger partial charge in [0.15, 0.2) is 5.96 Å². The first-order chi connectivity index (χ1) is 11.6. The first-order valence-corrected chi connectivity index (χ1v) is 10.3. The zero-order valence-corrected chi connectivity index (χ0v) is 18.6. The van der Waals surface area contributed by atoms with Gasteiger partial charge in [-0.15, -0.1) is 24.0 Å². The Kier molecular flexibility index (Phi) is 10.6. The topological polar surface area (TPSA) is 71.3 Å². The standard InChI is InChI=1S/C17H31N5OS.HI/c1-4-24(23)16-8-5-7-15(11-16)21-17(18-3)19-12-14(2)13-22-10-6-9-20-22;/h6,9-10,14-16H,4-5,7-8,11-13H2,1-3H3,(H2,18,19,21);1H. The van der Waals surface area contributed by atoms with Gasteiger partial charge in [0.05, 0.1) is 0 Å². The second kappa shape index (κ2) is 11.9. The van der Waals surface area contributed by atoms with Crippen LogP contribution in [0.15, 0.2) is 23.5 Å². The highest BCUT2D eigenvalue weighted by atomic mass is 127. The van der Waals surface area contributed by atoms with Crippen LogP contribution in [-0.4, -0.2) is 50.6 Å². The summed E-state index contributed by atoms with van der Waals surface area (Å²) in [5.41, 5.74) is 0. The lowest BCUT2D eigenvalue weighted by Crippen LogP contribution is -2.47. The summed E-state index contributed by atoms with van der Waals surface area (Å²) in [7, 11) is 1.11. The lowest BCUT2D eigenvalue weighted by atomic mass is 9.95. The van der Waals surface area contributed by atoms with Gasteiger partial charge in [0.1, 0.15) is 0 Å². The lowest BCUT2D eigenvalue weighted by molar-refractivity contribution is 0.407. The third-order valence-electron chi connectivity index (χ3n) is 4.52. The third-order valence-corrected chi connectivity index (χ3v) is 6.26. The molecule has 0 saturated heterocycles. The minimum atomic E-state index is -0.691. The molecule has 144 valence electrons. The number of halogens is 1. The highest BCUT2D eigenvalue weighted by Crippen LogP contribution is 2.22. The molecule has 0 aromatic carbocycles. The fourth-order valence-corrected chi connectivity index (χ4v) is 4.55. The normalized spacial score (nSPS) is 23.4. The van der Waals surface area contributed by atoms with E-state index >= 15 is 0 Å². The fourth-order valence-electron chi connectivity index (χ4n) is 3.20. The van der Waals surface area contributed by atoms with Crippen LogP contribution in [0.5, 0.6) is 0 Å². The van der Waals surface area contributed by atoms with Crippen molar-refractivity contribution in [2.24, 2.45) is 10.9 Å². The molecule has 25 heavy (non-hydrogen) atoms. The van der Waals surface area contributed by atoms with E-state index in [4.69, 9.17) is 0 Å². The molecule has 2 N–H and O–H groups in total. The van der Waals surface area contributed by atoms with E-state index in [1.165, 1.54) is 0 Å². The van der Waals surface area contributed by atoms with Gasteiger partial charge in [-0.3, -0.25) is 13.9 Å². The summed E-state index contributed by atoms with van der Waals surface area (Å²) >= 11 is 0. The largest absolute Gasteiger partial charge is 0.356 e. The van der Waals surface area contributed by atoms with Gasteiger partial charge in [-0.2, -0.15) is 5.10 Å². The van der Waals surface area contributed by atoms with Crippen molar-refractivity contribution < 1.29 is 4.21 Å². The van der Waals surface area contributed by atoms with Crippen LogP contribution in [0.2, 0.25) is 0 Å². The summed E-state index contributed by atoms with van der Waals surface area (Å²) in [4.78, 5) is 4.34. The van der Waals surface area contributed by atoms with Crippen LogP contribution in [0.3, 0.4) is 0 Å². The smallest absolute Gasteiger partial charge is 0.191 e. The van der Waals surface area contributed by atoms with Gasteiger partial charge in [0.25, 0.3) is 0 Å². The lowest BCUT2D eigenvalue weighted by Gasteiger charge is -2.30. The van der Waals surface area contributed by atoms with E-state index in [2.05, 4.69) is 27.6 Å². The van der Waals surface area contributed by atoms with Crippen LogP contribution < -0.4 is 10.6 Å². The summed E-state index contributed by atoms with van der Waals surface area (Å²) in [6.07, 6.45) is 8.12. The van der Waals surface area contributed by atoms with Crippen LogP contribution in [0, 0.1) is 5.92 Å². The molecule has 2 rings (SSSR count). The van der Waals surface area contributed by atoms with Gasteiger partial charge >= 0.3 is 0 Å². The number of aliphatic imine (C=N–C) groups is 1. The van der Waals surface area contributed by atoms with Gasteiger partial charge in [-0.1, -0.05) is 20.3 Å². The van der Waals surface area contributed by atoms with Crippen LogP contribution in [0.1, 0.15) is 39.5 Å². The molecule has 1 aromatic rings. The van der Waals surface area contributed by atoms with Crippen LogP contribution >= 0.6 is 24.0 Å². The summed E-state index contributed by atoms with van der Waals surface area (Å²) in [6, 6.07) is 2.31. The van der Waals surface area contributed by atoms with E-state index in [0.29, 0.717) is 17.2 Å². The van der Waals surface area contributed by atoms with Gasteiger partial charge < -0.3 is 10.6 Å². The summed E-state index contributed by atoms with van der Waals surface area (Å²) in [6.45, 7) is 5.94. The van der Waals surface area contributed by atoms with Gasteiger partial charge in [0, 0.05) is 60.4 Å². The number of aromatic nitrogens is 2. The first-order valence-electron chi connectivity index (χ1n) is 8.94. The van der Waals surface area contributed by atoms with Crippen molar-refractivity contribution in [1.29, 1.82) is 0 Å². The Balaban J connectivity index is 0.00000312. The molecule has 1 heterocycles. The molecular formula is C17H32IN5OS. The van der Waals surface area contributed by atoms with Gasteiger partial charge in [-0.25, -0.2) is 0 Å². The molecule has 4 atom stereocenters. The van der Waals surface area contributed by atoms with E-state index in [0.717, 1.165) is 50.5 Å². The molecule has 4 unspecified atom stereocenters. The second-order valence-electron chi connectivity index (χ2n) is 6.59. The van der Waals surface area contributed by atoms with Crippen molar-refractivity contribution in [2.75, 3.05) is 19.3 Å². The molecule has 1 aliphatic rings. The maximum atomic E-state index is 12.1. The SMILES string of the molecule is CCS(=O)C1CCCC(NC(=NC)NCC(C)Cn2cccn2)C1.I. The number of hydrogen-bond acceptors (Lipinski definition) is 3. The average molecular weight is 481 g/mol. The zero-order chi connectivity index (χ0) is 17.4. The predicted octanol–water partition coefficient (Wildman–Crippen LogP) is 2.38. The van der Waals surface area contributed by atoms with Crippen molar-refractivity contribution in [1.82, 2.24) is 20.4 Å². The van der Waals surface area contributed by atoms with Gasteiger partial charge in [0.2, 0.25) is 0 Å².